The molecule has 0 amide bonds. The Morgan fingerprint density at radius 1 is 1.29 bits per heavy atom. The van der Waals surface area contributed by atoms with Gasteiger partial charge in [-0.25, -0.2) is 0 Å². The molecule has 4 aliphatic rings. The predicted molar refractivity (Wildman–Crippen MR) is 122 cm³/mol. The summed E-state index contributed by atoms with van der Waals surface area (Å²) in [5, 5.41) is 32.1. The van der Waals surface area contributed by atoms with Crippen LogP contribution in [0, 0.1) is 28.6 Å². The van der Waals surface area contributed by atoms with Crippen molar-refractivity contribution in [3.05, 3.63) is 23.8 Å². The van der Waals surface area contributed by atoms with Gasteiger partial charge in [0.2, 0.25) is 0 Å². The van der Waals surface area contributed by atoms with Gasteiger partial charge in [-0.3, -0.25) is 9.79 Å². The lowest BCUT2D eigenvalue weighted by atomic mass is 9.46. The van der Waals surface area contributed by atoms with Gasteiger partial charge in [0, 0.05) is 16.7 Å². The van der Waals surface area contributed by atoms with Gasteiger partial charge < -0.3 is 19.9 Å². The highest BCUT2D eigenvalue weighted by Crippen LogP contribution is 2.67. The van der Waals surface area contributed by atoms with E-state index < -0.39 is 36.7 Å². The van der Waals surface area contributed by atoms with Crippen LogP contribution >= 0.6 is 7.14 Å². The fourth-order valence-electron chi connectivity index (χ4n) is 7.28. The minimum Gasteiger partial charge on any atom is -0.393 e. The van der Waals surface area contributed by atoms with Crippen LogP contribution < -0.4 is 0 Å². The molecule has 0 aliphatic heterocycles. The maximum Gasteiger partial charge on any atom is 0.190 e. The van der Waals surface area contributed by atoms with Crippen LogP contribution in [0.1, 0.15) is 46.0 Å². The number of carbonyl (C=O) groups is 1. The van der Waals surface area contributed by atoms with E-state index in [1.807, 2.05) is 13.0 Å². The molecule has 4 aliphatic carbocycles. The first kappa shape index (κ1) is 23.1. The number of ketones is 1. The molecule has 3 unspecified atom stereocenters. The van der Waals surface area contributed by atoms with E-state index in [2.05, 4.69) is 24.1 Å². The summed E-state index contributed by atoms with van der Waals surface area (Å²) in [6.07, 6.45) is 9.15. The molecule has 31 heavy (non-hydrogen) atoms. The van der Waals surface area contributed by atoms with Crippen molar-refractivity contribution in [1.82, 2.24) is 0 Å². The molecule has 7 atom stereocenters. The van der Waals surface area contributed by atoms with Crippen LogP contribution in [0.3, 0.4) is 0 Å². The summed E-state index contributed by atoms with van der Waals surface area (Å²) in [4.78, 5) is 17.0. The molecule has 0 spiro atoms. The average molecular weight is 450 g/mol. The second kappa shape index (κ2) is 7.48. The fraction of sp³-hybridized carbons (Fsp3) is 0.750. The highest BCUT2D eigenvalue weighted by molar-refractivity contribution is 7.62. The van der Waals surface area contributed by atoms with Gasteiger partial charge in [0.15, 0.2) is 5.78 Å². The van der Waals surface area contributed by atoms with Crippen molar-refractivity contribution in [3.63, 3.8) is 0 Å². The third kappa shape index (κ3) is 3.45. The molecule has 0 aromatic heterocycles. The van der Waals surface area contributed by atoms with E-state index in [0.29, 0.717) is 19.1 Å². The maximum atomic E-state index is 12.5. The first-order chi connectivity index (χ1) is 14.4. The lowest BCUT2D eigenvalue weighted by molar-refractivity contribution is -0.178. The van der Waals surface area contributed by atoms with E-state index in [9.17, 15) is 24.7 Å². The number of carbonyl (C=O) groups excluding carboxylic acids is 1. The number of hydrogen-bond acceptors (Lipinski definition) is 6. The molecular formula is C24H36NO5P. The van der Waals surface area contributed by atoms with Gasteiger partial charge >= 0.3 is 0 Å². The molecule has 0 bridgehead atoms. The molecule has 4 rings (SSSR count). The Bertz CT molecular complexity index is 919. The summed E-state index contributed by atoms with van der Waals surface area (Å²) in [5.74, 6) is -0.174. The summed E-state index contributed by atoms with van der Waals surface area (Å²) >= 11 is 0. The lowest BCUT2D eigenvalue weighted by Gasteiger charge is -2.59. The van der Waals surface area contributed by atoms with Crippen LogP contribution in [0.4, 0.5) is 0 Å². The predicted octanol–water partition coefficient (Wildman–Crippen LogP) is 3.01. The Balaban J connectivity index is 1.66. The fourth-order valence-corrected chi connectivity index (χ4v) is 7.78. The molecule has 0 heterocycles. The van der Waals surface area contributed by atoms with E-state index in [1.165, 1.54) is 5.57 Å². The summed E-state index contributed by atoms with van der Waals surface area (Å²) in [6.45, 7) is 6.93. The monoisotopic (exact) mass is 449 g/mol. The number of Topliss-reactive ketones (excluding diaryl/α,β-unsaturated/α-hetero) is 1. The molecule has 172 valence electrons. The minimum atomic E-state index is -2.22. The summed E-state index contributed by atoms with van der Waals surface area (Å²) < 4.78 is 12.0. The highest BCUT2D eigenvalue weighted by Gasteiger charge is 2.67. The molecular weight excluding hydrogens is 413 g/mol. The first-order valence-corrected chi connectivity index (χ1v) is 14.2. The standard InChI is InChI=1S/C24H36NO5P/c1-22-9-7-16(25-14-31(3,4)30)11-15(22)5-6-17-18-8-10-24(29,20(28)13-26)23(18,2)12-19(27)21(17)22/h7,9,11,17-19,21,26-27,29H,5-6,8,10,12-14H2,1-4H3/t17?,18?,19-,21?,22-,23-,24-/m0/s1. The molecule has 0 radical (unpaired) electrons. The largest absolute Gasteiger partial charge is 0.393 e. The highest BCUT2D eigenvalue weighted by atomic mass is 31.2. The van der Waals surface area contributed by atoms with Crippen molar-refractivity contribution in [2.45, 2.75) is 57.7 Å². The molecule has 7 heteroatoms. The van der Waals surface area contributed by atoms with Crippen molar-refractivity contribution in [1.29, 1.82) is 0 Å². The lowest BCUT2D eigenvalue weighted by Crippen LogP contribution is -2.61. The van der Waals surface area contributed by atoms with Gasteiger partial charge in [0.1, 0.15) is 19.3 Å². The van der Waals surface area contributed by atoms with Crippen LogP contribution in [0.2, 0.25) is 0 Å². The number of aliphatic imine (C=N–C) groups is 1. The minimum absolute atomic E-state index is 0.0124. The summed E-state index contributed by atoms with van der Waals surface area (Å²) in [6, 6.07) is 0. The van der Waals surface area contributed by atoms with Crippen molar-refractivity contribution in [2.75, 3.05) is 26.2 Å². The zero-order chi connectivity index (χ0) is 22.8. The zero-order valence-electron chi connectivity index (χ0n) is 19.0. The molecule has 6 nitrogen and oxygen atoms in total. The number of allylic oxidation sites excluding steroid dienone is 4. The summed E-state index contributed by atoms with van der Waals surface area (Å²) in [7, 11) is -2.22. The van der Waals surface area contributed by atoms with Crippen LogP contribution in [0.15, 0.2) is 28.8 Å². The number of rotatable bonds is 4. The number of aliphatic hydroxyl groups is 3. The smallest absolute Gasteiger partial charge is 0.190 e. The first-order valence-electron chi connectivity index (χ1n) is 11.4. The number of aliphatic hydroxyl groups excluding tert-OH is 2. The Kier molecular flexibility index (Phi) is 5.57. The van der Waals surface area contributed by atoms with Gasteiger partial charge in [-0.1, -0.05) is 25.5 Å². The van der Waals surface area contributed by atoms with Gasteiger partial charge in [0.25, 0.3) is 0 Å². The molecule has 3 saturated carbocycles. The van der Waals surface area contributed by atoms with Crippen LogP contribution in [-0.4, -0.2) is 64.7 Å². The van der Waals surface area contributed by atoms with E-state index in [4.69, 9.17) is 0 Å². The topological polar surface area (TPSA) is 107 Å². The van der Waals surface area contributed by atoms with E-state index in [0.717, 1.165) is 25.0 Å². The normalized spacial score (nSPS) is 45.6. The van der Waals surface area contributed by atoms with E-state index in [-0.39, 0.29) is 23.2 Å². The van der Waals surface area contributed by atoms with Gasteiger partial charge in [-0.2, -0.15) is 0 Å². The number of fused-ring (bicyclic) bond motifs is 5. The van der Waals surface area contributed by atoms with Gasteiger partial charge in [-0.15, -0.1) is 0 Å². The third-order valence-electron chi connectivity index (χ3n) is 8.86. The Labute approximate surface area is 184 Å². The molecule has 3 N–H and O–H groups in total. The van der Waals surface area contributed by atoms with E-state index in [1.54, 1.807) is 13.3 Å². The van der Waals surface area contributed by atoms with Crippen molar-refractivity contribution < 1.29 is 24.7 Å². The van der Waals surface area contributed by atoms with E-state index >= 15 is 0 Å². The van der Waals surface area contributed by atoms with Crippen molar-refractivity contribution in [3.8, 4) is 0 Å². The molecule has 3 fully saturated rings. The quantitative estimate of drug-likeness (QED) is 0.572. The Morgan fingerprint density at radius 3 is 2.65 bits per heavy atom. The third-order valence-corrected chi connectivity index (χ3v) is 9.68. The second-order valence-corrected chi connectivity index (χ2v) is 14.5. The van der Waals surface area contributed by atoms with Crippen molar-refractivity contribution in [2.24, 2.45) is 33.6 Å². The Hall–Kier alpha value is -1.07. The van der Waals surface area contributed by atoms with Crippen LogP contribution in [0.5, 0.6) is 0 Å². The molecule has 0 aromatic carbocycles. The van der Waals surface area contributed by atoms with Crippen molar-refractivity contribution >= 4 is 18.6 Å². The van der Waals surface area contributed by atoms with Gasteiger partial charge in [-0.05, 0) is 69.4 Å². The van der Waals surface area contributed by atoms with Crippen LogP contribution in [-0.2, 0) is 9.36 Å². The molecule has 0 aromatic rings. The van der Waals surface area contributed by atoms with Crippen LogP contribution in [0.25, 0.3) is 0 Å². The zero-order valence-corrected chi connectivity index (χ0v) is 19.9. The summed E-state index contributed by atoms with van der Waals surface area (Å²) in [5.41, 5.74) is -0.495. The molecule has 0 saturated heterocycles. The second-order valence-electron chi connectivity index (χ2n) is 11.1. The van der Waals surface area contributed by atoms with Gasteiger partial charge in [0.05, 0.1) is 18.1 Å². The average Bonchev–Trinajstić information content (AvgIpc) is 2.96. The SMILES string of the molecule is C[C@]12C=CC(=NCP(C)(C)=O)C=C1CCC1C2[C@@H](O)C[C@@]2(C)C1CC[C@]2(O)C(=O)CO. The number of nitrogens with zero attached hydrogens (tertiary/aromatic N) is 1. The number of hydrogen-bond donors (Lipinski definition) is 3. The Morgan fingerprint density at radius 2 is 2.00 bits per heavy atom. The maximum absolute atomic E-state index is 12.5.